The van der Waals surface area contributed by atoms with Gasteiger partial charge in [0.2, 0.25) is 11.8 Å². The van der Waals surface area contributed by atoms with Gasteiger partial charge in [0.1, 0.15) is 12.4 Å². The summed E-state index contributed by atoms with van der Waals surface area (Å²) >= 11 is 0. The third-order valence-electron chi connectivity index (χ3n) is 3.21. The summed E-state index contributed by atoms with van der Waals surface area (Å²) in [5.74, 6) is -1.59. The Morgan fingerprint density at radius 2 is 2.24 bits per heavy atom. The molecule has 1 N–H and O–H groups in total. The molecule has 114 valence electrons. The predicted octanol–water partition coefficient (Wildman–Crippen LogP) is 1.74. The highest BCUT2D eigenvalue weighted by Gasteiger charge is 2.40. The number of aromatic nitrogens is 1. The molecule has 2 amide bonds. The van der Waals surface area contributed by atoms with Crippen molar-refractivity contribution in [1.29, 1.82) is 0 Å². The van der Waals surface area contributed by atoms with Gasteiger partial charge in [-0.2, -0.15) is 13.2 Å². The van der Waals surface area contributed by atoms with Crippen LogP contribution in [0, 0.1) is 12.8 Å². The van der Waals surface area contributed by atoms with Crippen LogP contribution in [0.25, 0.3) is 0 Å². The van der Waals surface area contributed by atoms with Crippen LogP contribution in [-0.4, -0.2) is 41.0 Å². The zero-order valence-corrected chi connectivity index (χ0v) is 11.3. The van der Waals surface area contributed by atoms with Gasteiger partial charge in [-0.05, 0) is 18.6 Å². The average Bonchev–Trinajstić information content (AvgIpc) is 2.72. The lowest BCUT2D eigenvalue weighted by molar-refractivity contribution is -0.157. The van der Waals surface area contributed by atoms with Crippen LogP contribution >= 0.6 is 0 Å². The van der Waals surface area contributed by atoms with Crippen LogP contribution in [0.4, 0.5) is 19.0 Å². The molecule has 1 atom stereocenters. The van der Waals surface area contributed by atoms with E-state index in [1.807, 2.05) is 0 Å². The van der Waals surface area contributed by atoms with Crippen molar-refractivity contribution in [2.75, 3.05) is 18.4 Å². The number of aryl methyl sites for hydroxylation is 1. The molecule has 1 aromatic heterocycles. The Hall–Kier alpha value is -2.12. The van der Waals surface area contributed by atoms with Crippen molar-refractivity contribution < 1.29 is 22.8 Å². The number of nitrogens with one attached hydrogen (secondary N) is 1. The molecule has 8 heteroatoms. The minimum atomic E-state index is -4.46. The molecule has 1 saturated heterocycles. The van der Waals surface area contributed by atoms with E-state index in [0.717, 1.165) is 5.56 Å². The molecular weight excluding hydrogens is 287 g/mol. The van der Waals surface area contributed by atoms with E-state index < -0.39 is 30.5 Å². The molecule has 1 aliphatic heterocycles. The number of carbonyl (C=O) groups excluding carboxylic acids is 2. The first-order valence-corrected chi connectivity index (χ1v) is 6.33. The number of pyridine rings is 1. The average molecular weight is 301 g/mol. The van der Waals surface area contributed by atoms with E-state index in [0.29, 0.717) is 10.7 Å². The molecule has 0 radical (unpaired) electrons. The van der Waals surface area contributed by atoms with Gasteiger partial charge in [-0.3, -0.25) is 9.59 Å². The number of anilines is 1. The summed E-state index contributed by atoms with van der Waals surface area (Å²) < 4.78 is 36.9. The van der Waals surface area contributed by atoms with E-state index in [-0.39, 0.29) is 13.0 Å². The second kappa shape index (κ2) is 5.71. The Morgan fingerprint density at radius 1 is 1.52 bits per heavy atom. The van der Waals surface area contributed by atoms with E-state index in [4.69, 9.17) is 0 Å². The summed E-state index contributed by atoms with van der Waals surface area (Å²) in [5.41, 5.74) is 0.738. The summed E-state index contributed by atoms with van der Waals surface area (Å²) in [5, 5.41) is 2.55. The van der Waals surface area contributed by atoms with Crippen molar-refractivity contribution in [2.24, 2.45) is 5.92 Å². The Morgan fingerprint density at radius 3 is 2.86 bits per heavy atom. The summed E-state index contributed by atoms with van der Waals surface area (Å²) in [6.45, 7) is 0.201. The first-order valence-electron chi connectivity index (χ1n) is 6.33. The largest absolute Gasteiger partial charge is 0.406 e. The van der Waals surface area contributed by atoms with Crippen molar-refractivity contribution in [3.05, 3.63) is 23.9 Å². The van der Waals surface area contributed by atoms with Crippen molar-refractivity contribution in [1.82, 2.24) is 9.88 Å². The van der Waals surface area contributed by atoms with Crippen LogP contribution in [0.2, 0.25) is 0 Å². The van der Waals surface area contributed by atoms with Crippen molar-refractivity contribution in [3.63, 3.8) is 0 Å². The topological polar surface area (TPSA) is 62.3 Å². The molecule has 0 aromatic carbocycles. The van der Waals surface area contributed by atoms with Gasteiger partial charge in [0, 0.05) is 19.2 Å². The molecule has 1 fully saturated rings. The number of hydrogen-bond donors (Lipinski definition) is 1. The summed E-state index contributed by atoms with van der Waals surface area (Å²) in [6, 6.07) is 3.45. The number of halogens is 3. The maximum atomic E-state index is 12.3. The van der Waals surface area contributed by atoms with Gasteiger partial charge < -0.3 is 10.2 Å². The molecule has 2 heterocycles. The SMILES string of the molecule is Cc1cccnc1NC(=O)[C@@H]1CC(=O)N(CC(F)(F)F)C1. The first-order chi connectivity index (χ1) is 9.76. The highest BCUT2D eigenvalue weighted by molar-refractivity contribution is 5.97. The third-order valence-corrected chi connectivity index (χ3v) is 3.21. The van der Waals surface area contributed by atoms with Gasteiger partial charge in [0.05, 0.1) is 5.92 Å². The fourth-order valence-corrected chi connectivity index (χ4v) is 2.15. The lowest BCUT2D eigenvalue weighted by atomic mass is 10.1. The molecule has 0 saturated carbocycles. The lowest BCUT2D eigenvalue weighted by Gasteiger charge is -2.18. The fourth-order valence-electron chi connectivity index (χ4n) is 2.15. The van der Waals surface area contributed by atoms with Crippen LogP contribution in [0.1, 0.15) is 12.0 Å². The highest BCUT2D eigenvalue weighted by atomic mass is 19.4. The minimum Gasteiger partial charge on any atom is -0.333 e. The number of likely N-dealkylation sites (tertiary alicyclic amines) is 1. The maximum absolute atomic E-state index is 12.3. The molecular formula is C13H14F3N3O2. The normalized spacial score (nSPS) is 19.0. The Bertz CT molecular complexity index is 560. The maximum Gasteiger partial charge on any atom is 0.406 e. The van der Waals surface area contributed by atoms with E-state index in [1.54, 1.807) is 19.1 Å². The minimum absolute atomic E-state index is 0.214. The molecule has 5 nitrogen and oxygen atoms in total. The van der Waals surface area contributed by atoms with E-state index in [2.05, 4.69) is 10.3 Å². The van der Waals surface area contributed by atoms with Crippen LogP contribution < -0.4 is 5.32 Å². The number of carbonyl (C=O) groups is 2. The number of hydrogen-bond acceptors (Lipinski definition) is 3. The van der Waals surface area contributed by atoms with Crippen molar-refractivity contribution in [3.8, 4) is 0 Å². The molecule has 0 bridgehead atoms. The summed E-state index contributed by atoms with van der Waals surface area (Å²) in [7, 11) is 0. The van der Waals surface area contributed by atoms with Crippen molar-refractivity contribution >= 4 is 17.6 Å². The Balaban J connectivity index is 1.99. The second-order valence-electron chi connectivity index (χ2n) is 4.95. The first kappa shape index (κ1) is 15.3. The van der Waals surface area contributed by atoms with Gasteiger partial charge in [-0.1, -0.05) is 6.07 Å². The van der Waals surface area contributed by atoms with E-state index in [9.17, 15) is 22.8 Å². The molecule has 0 unspecified atom stereocenters. The molecule has 2 rings (SSSR count). The number of alkyl halides is 3. The Labute approximate surface area is 119 Å². The predicted molar refractivity (Wildman–Crippen MR) is 68.3 cm³/mol. The standard InChI is InChI=1S/C13H14F3N3O2/c1-8-3-2-4-17-11(8)18-12(21)9-5-10(20)19(6-9)7-13(14,15)16/h2-4,9H,5-7H2,1H3,(H,17,18,21)/t9-/m1/s1. The van der Waals surface area contributed by atoms with Gasteiger partial charge in [-0.15, -0.1) is 0 Å². The van der Waals surface area contributed by atoms with Gasteiger partial charge in [0.25, 0.3) is 0 Å². The van der Waals surface area contributed by atoms with E-state index in [1.165, 1.54) is 6.20 Å². The number of rotatable bonds is 3. The molecule has 1 aliphatic rings. The zero-order chi connectivity index (χ0) is 15.6. The van der Waals surface area contributed by atoms with Crippen LogP contribution in [0.3, 0.4) is 0 Å². The van der Waals surface area contributed by atoms with E-state index >= 15 is 0 Å². The molecule has 21 heavy (non-hydrogen) atoms. The second-order valence-corrected chi connectivity index (χ2v) is 4.95. The van der Waals surface area contributed by atoms with Crippen LogP contribution in [0.5, 0.6) is 0 Å². The lowest BCUT2D eigenvalue weighted by Crippen LogP contribution is -2.36. The number of amides is 2. The van der Waals surface area contributed by atoms with Gasteiger partial charge >= 0.3 is 6.18 Å². The molecule has 0 spiro atoms. The fraction of sp³-hybridized carbons (Fsp3) is 0.462. The third kappa shape index (κ3) is 3.93. The van der Waals surface area contributed by atoms with Crippen LogP contribution in [-0.2, 0) is 9.59 Å². The highest BCUT2D eigenvalue weighted by Crippen LogP contribution is 2.24. The van der Waals surface area contributed by atoms with Crippen molar-refractivity contribution in [2.45, 2.75) is 19.5 Å². The van der Waals surface area contributed by atoms with Gasteiger partial charge in [0.15, 0.2) is 0 Å². The molecule has 1 aromatic rings. The van der Waals surface area contributed by atoms with Gasteiger partial charge in [-0.25, -0.2) is 4.98 Å². The van der Waals surface area contributed by atoms with Crippen LogP contribution in [0.15, 0.2) is 18.3 Å². The summed E-state index contributed by atoms with van der Waals surface area (Å²) in [6.07, 6.45) is -3.18. The monoisotopic (exact) mass is 301 g/mol. The molecule has 0 aliphatic carbocycles. The quantitative estimate of drug-likeness (QED) is 0.925. The number of nitrogens with zero attached hydrogens (tertiary/aromatic N) is 2. The Kier molecular flexibility index (Phi) is 4.15. The summed E-state index contributed by atoms with van der Waals surface area (Å²) in [4.78, 5) is 28.2. The zero-order valence-electron chi connectivity index (χ0n) is 11.3. The smallest absolute Gasteiger partial charge is 0.333 e.